The van der Waals surface area contributed by atoms with E-state index < -0.39 is 25.6 Å². The van der Waals surface area contributed by atoms with E-state index in [1.165, 1.54) is 19.8 Å². The maximum atomic E-state index is 13.3. The number of hydrogen-bond acceptors (Lipinski definition) is 12. The third-order valence-electron chi connectivity index (χ3n) is 6.22. The van der Waals surface area contributed by atoms with Crippen LogP contribution in [-0.4, -0.2) is 75.3 Å². The zero-order valence-corrected chi connectivity index (χ0v) is 22.9. The monoisotopic (exact) mass is 560 g/mol. The normalized spacial score (nSPS) is 21.5. The van der Waals surface area contributed by atoms with E-state index in [4.69, 9.17) is 34.9 Å². The Kier molecular flexibility index (Phi) is 9.71. The Hall–Kier alpha value is -1.89. The van der Waals surface area contributed by atoms with Crippen molar-refractivity contribution >= 4 is 42.1 Å². The van der Waals surface area contributed by atoms with Crippen molar-refractivity contribution in [1.29, 1.82) is 0 Å². The molecule has 206 valence electrons. The summed E-state index contributed by atoms with van der Waals surface area (Å²) in [6.07, 6.45) is 4.99. The molecule has 0 radical (unpaired) electrons. The van der Waals surface area contributed by atoms with Gasteiger partial charge in [0.25, 0.3) is 0 Å². The van der Waals surface area contributed by atoms with Gasteiger partial charge in [0.2, 0.25) is 5.28 Å². The zero-order valence-electron chi connectivity index (χ0n) is 21.3. The first-order valence-electron chi connectivity index (χ1n) is 12.7. The van der Waals surface area contributed by atoms with Crippen LogP contribution < -0.4 is 5.32 Å². The highest BCUT2D eigenvalue weighted by Crippen LogP contribution is 2.53. The van der Waals surface area contributed by atoms with Crippen molar-refractivity contribution < 1.29 is 32.6 Å². The lowest BCUT2D eigenvalue weighted by Crippen LogP contribution is -2.28. The Morgan fingerprint density at radius 1 is 1.19 bits per heavy atom. The molecule has 1 saturated heterocycles. The Morgan fingerprint density at radius 3 is 2.59 bits per heavy atom. The maximum Gasteiger partial charge on any atom is 0.362 e. The average Bonchev–Trinajstić information content (AvgIpc) is 3.60. The summed E-state index contributed by atoms with van der Waals surface area (Å²) in [5.41, 5.74) is 1.02. The minimum absolute atomic E-state index is 0.0867. The lowest BCUT2D eigenvalue weighted by molar-refractivity contribution is -0.144. The summed E-state index contributed by atoms with van der Waals surface area (Å²) in [5, 5.41) is 12.1. The fraction of sp³-hybridized carbons (Fsp3) is 0.773. The summed E-state index contributed by atoms with van der Waals surface area (Å²) in [5.74, 6) is -1.03. The molecule has 1 aliphatic heterocycles. The Morgan fingerprint density at radius 2 is 1.92 bits per heavy atom. The molecule has 3 heterocycles. The van der Waals surface area contributed by atoms with Gasteiger partial charge in [-0.25, -0.2) is 0 Å². The van der Waals surface area contributed by atoms with Crippen LogP contribution in [0.25, 0.3) is 11.2 Å². The maximum absolute atomic E-state index is 13.3. The highest BCUT2D eigenvalue weighted by atomic mass is 35.5. The summed E-state index contributed by atoms with van der Waals surface area (Å²) < 4.78 is 42.8. The molecular weight excluding hydrogens is 527 g/mol. The average molecular weight is 561 g/mol. The van der Waals surface area contributed by atoms with E-state index in [1.807, 2.05) is 0 Å². The van der Waals surface area contributed by atoms with Crippen molar-refractivity contribution in [1.82, 2.24) is 25.0 Å². The molecule has 1 unspecified atom stereocenters. The third kappa shape index (κ3) is 6.96. The molecule has 1 aliphatic carbocycles. The first-order valence-corrected chi connectivity index (χ1v) is 14.7. The van der Waals surface area contributed by atoms with E-state index in [0.717, 1.165) is 12.8 Å². The fourth-order valence-corrected chi connectivity index (χ4v) is 6.37. The van der Waals surface area contributed by atoms with Gasteiger partial charge in [-0.1, -0.05) is 18.1 Å². The molecule has 15 heteroatoms. The van der Waals surface area contributed by atoms with Gasteiger partial charge in [0.1, 0.15) is 6.61 Å². The number of hydrogen-bond donors (Lipinski definition) is 1. The number of ether oxygens (including phenoxy) is 3. The SMILES string of the molecule is CCOP(=O)(OCC)C(COC(C)=O)OC[C@@H]1CC[C@H](n2nnc3c(NC4CCCC4)nc(Cl)nc32)O1. The van der Waals surface area contributed by atoms with Crippen LogP contribution in [0.2, 0.25) is 5.28 Å². The second-order valence-electron chi connectivity index (χ2n) is 8.93. The largest absolute Gasteiger partial charge is 0.462 e. The number of fused-ring (bicyclic) bond motifs is 1. The van der Waals surface area contributed by atoms with Crippen LogP contribution in [0, 0.1) is 0 Å². The molecule has 0 amide bonds. The number of carbonyl (C=O) groups excluding carboxylic acids is 1. The van der Waals surface area contributed by atoms with Crippen molar-refractivity contribution in [2.24, 2.45) is 0 Å². The molecule has 1 saturated carbocycles. The minimum Gasteiger partial charge on any atom is -0.462 e. The summed E-state index contributed by atoms with van der Waals surface area (Å²) in [7, 11) is -3.68. The lowest BCUT2D eigenvalue weighted by atomic mass is 10.2. The number of nitrogens with one attached hydrogen (secondary N) is 1. The highest BCUT2D eigenvalue weighted by molar-refractivity contribution is 7.54. The molecule has 0 spiro atoms. The molecule has 3 atom stereocenters. The molecule has 2 aromatic heterocycles. The number of halogens is 1. The van der Waals surface area contributed by atoms with Gasteiger partial charge < -0.3 is 28.6 Å². The van der Waals surface area contributed by atoms with Crippen LogP contribution in [0.1, 0.15) is 65.5 Å². The highest BCUT2D eigenvalue weighted by Gasteiger charge is 2.39. The number of nitrogens with zero attached hydrogens (tertiary/aromatic N) is 5. The quantitative estimate of drug-likeness (QED) is 0.214. The smallest absolute Gasteiger partial charge is 0.362 e. The molecule has 13 nitrogen and oxygen atoms in total. The second-order valence-corrected chi connectivity index (χ2v) is 11.4. The van der Waals surface area contributed by atoms with Gasteiger partial charge in [0, 0.05) is 13.0 Å². The number of aromatic nitrogens is 5. The van der Waals surface area contributed by atoms with Crippen LogP contribution in [-0.2, 0) is 32.6 Å². The van der Waals surface area contributed by atoms with E-state index in [9.17, 15) is 9.36 Å². The van der Waals surface area contributed by atoms with Gasteiger partial charge >= 0.3 is 13.6 Å². The summed E-state index contributed by atoms with van der Waals surface area (Å²) >= 11 is 6.23. The van der Waals surface area contributed by atoms with E-state index in [0.29, 0.717) is 35.9 Å². The topological polar surface area (TPSA) is 149 Å². The van der Waals surface area contributed by atoms with E-state index in [1.54, 1.807) is 18.5 Å². The molecule has 0 aromatic carbocycles. The molecule has 0 bridgehead atoms. The van der Waals surface area contributed by atoms with Gasteiger partial charge in [-0.15, -0.1) is 5.10 Å². The summed E-state index contributed by atoms with van der Waals surface area (Å²) in [4.78, 5) is 20.0. The van der Waals surface area contributed by atoms with E-state index in [-0.39, 0.29) is 37.8 Å². The minimum atomic E-state index is -3.68. The number of carbonyl (C=O) groups is 1. The van der Waals surface area contributed by atoms with E-state index in [2.05, 4.69) is 25.6 Å². The molecule has 2 aromatic rings. The van der Waals surface area contributed by atoms with Crippen molar-refractivity contribution in [3.05, 3.63) is 5.28 Å². The lowest BCUT2D eigenvalue weighted by Gasteiger charge is -2.27. The van der Waals surface area contributed by atoms with Gasteiger partial charge in [0.15, 0.2) is 29.1 Å². The third-order valence-corrected chi connectivity index (χ3v) is 8.63. The zero-order chi connectivity index (χ0) is 26.4. The fourth-order valence-electron chi connectivity index (χ4n) is 4.55. The molecule has 2 aliphatic rings. The Balaban J connectivity index is 1.43. The van der Waals surface area contributed by atoms with Gasteiger partial charge in [-0.2, -0.15) is 14.6 Å². The van der Waals surface area contributed by atoms with Gasteiger partial charge in [-0.05, 0) is 51.1 Å². The Bertz CT molecular complexity index is 1100. The Labute approximate surface area is 220 Å². The van der Waals surface area contributed by atoms with Crippen LogP contribution >= 0.6 is 19.2 Å². The predicted octanol–water partition coefficient (Wildman–Crippen LogP) is 4.08. The predicted molar refractivity (Wildman–Crippen MR) is 134 cm³/mol. The van der Waals surface area contributed by atoms with Crippen LogP contribution in [0.5, 0.6) is 0 Å². The molecular formula is C22H34ClN6O7P. The number of rotatable bonds is 13. The molecule has 1 N–H and O–H groups in total. The van der Waals surface area contributed by atoms with Crippen molar-refractivity contribution in [3.8, 4) is 0 Å². The van der Waals surface area contributed by atoms with Crippen molar-refractivity contribution in [2.45, 2.75) is 83.5 Å². The van der Waals surface area contributed by atoms with Crippen LogP contribution in [0.15, 0.2) is 0 Å². The van der Waals surface area contributed by atoms with Crippen LogP contribution in [0.3, 0.4) is 0 Å². The first-order chi connectivity index (χ1) is 17.8. The first kappa shape index (κ1) is 28.1. The van der Waals surface area contributed by atoms with Crippen molar-refractivity contribution in [2.75, 3.05) is 31.7 Å². The van der Waals surface area contributed by atoms with Crippen LogP contribution in [0.4, 0.5) is 5.82 Å². The second kappa shape index (κ2) is 12.8. The number of esters is 1. The van der Waals surface area contributed by atoms with Gasteiger partial charge in [-0.3, -0.25) is 9.36 Å². The van der Waals surface area contributed by atoms with Crippen molar-refractivity contribution in [3.63, 3.8) is 0 Å². The molecule has 2 fully saturated rings. The van der Waals surface area contributed by atoms with Gasteiger partial charge in [0.05, 0.1) is 25.9 Å². The summed E-state index contributed by atoms with van der Waals surface area (Å²) in [6.45, 7) is 4.80. The molecule has 37 heavy (non-hydrogen) atoms. The standard InChI is InChI=1S/C22H34ClN6O7P/c1-4-34-37(31,35-5-2)18(13-32-14(3)30)33-12-16-10-11-17(36-16)29-21-19(27-28-29)20(25-22(23)26-21)24-15-8-6-7-9-15/h15-18H,4-13H2,1-3H3,(H,24,25,26)/t16-,17+,18?/m0/s1. The van der Waals surface area contributed by atoms with E-state index >= 15 is 0 Å². The number of anilines is 1. The summed E-state index contributed by atoms with van der Waals surface area (Å²) in [6, 6.07) is 0.327. The molecule has 4 rings (SSSR count).